The Balaban J connectivity index is 3.42. The summed E-state index contributed by atoms with van der Waals surface area (Å²) in [6.45, 7) is 5.93. The van der Waals surface area contributed by atoms with E-state index in [9.17, 15) is 8.42 Å². The Kier molecular flexibility index (Phi) is 4.02. The number of benzene rings is 1. The third kappa shape index (κ3) is 3.02. The predicted octanol–water partition coefficient (Wildman–Crippen LogP) is 2.29. The second-order valence-corrected chi connectivity index (χ2v) is 7.02. The second-order valence-electron chi connectivity index (χ2n) is 5.03. The van der Waals surface area contributed by atoms with Crippen LogP contribution in [0.4, 0.5) is 0 Å². The van der Waals surface area contributed by atoms with E-state index < -0.39 is 15.6 Å². The topological polar surface area (TPSA) is 67.2 Å². The fraction of sp³-hybridized carbons (Fsp3) is 0.462. The summed E-state index contributed by atoms with van der Waals surface area (Å²) in [5.41, 5.74) is 0.577. The van der Waals surface area contributed by atoms with Crippen LogP contribution in [-0.2, 0) is 15.3 Å². The molecule has 5 heteroatoms. The molecule has 18 heavy (non-hydrogen) atoms. The molecular weight excluding hydrogens is 250 g/mol. The molecule has 0 heterocycles. The van der Waals surface area contributed by atoms with E-state index >= 15 is 0 Å². The van der Waals surface area contributed by atoms with Crippen molar-refractivity contribution in [2.24, 2.45) is 0 Å². The summed E-state index contributed by atoms with van der Waals surface area (Å²) in [5, 5.41) is 8.54. The van der Waals surface area contributed by atoms with E-state index in [-0.39, 0.29) is 10.3 Å². The maximum absolute atomic E-state index is 11.8. The average Bonchev–Trinajstić information content (AvgIpc) is 2.27. The lowest BCUT2D eigenvalue weighted by Gasteiger charge is -2.22. The standard InChI is InChI=1S/C13H17NO3S/c1-13(2,3)11-9-10(5-6-12(11)17-4)18(15,16)8-7-14/h5-6,9H,8H2,1-4H3. The van der Waals surface area contributed by atoms with Crippen molar-refractivity contribution in [2.75, 3.05) is 12.9 Å². The summed E-state index contributed by atoms with van der Waals surface area (Å²) in [5.74, 6) is 0.140. The second kappa shape index (κ2) is 4.99. The highest BCUT2D eigenvalue weighted by molar-refractivity contribution is 7.91. The van der Waals surface area contributed by atoms with E-state index in [0.717, 1.165) is 5.56 Å². The Morgan fingerprint density at radius 1 is 1.33 bits per heavy atom. The Labute approximate surface area is 108 Å². The van der Waals surface area contributed by atoms with Gasteiger partial charge in [0.2, 0.25) is 0 Å². The summed E-state index contributed by atoms with van der Waals surface area (Å²) in [4.78, 5) is 0.162. The van der Waals surface area contributed by atoms with Crippen LogP contribution in [0.1, 0.15) is 26.3 Å². The van der Waals surface area contributed by atoms with E-state index in [0.29, 0.717) is 5.75 Å². The molecule has 0 amide bonds. The highest BCUT2D eigenvalue weighted by Gasteiger charge is 2.22. The molecule has 0 unspecified atom stereocenters. The van der Waals surface area contributed by atoms with Crippen molar-refractivity contribution in [1.82, 2.24) is 0 Å². The van der Waals surface area contributed by atoms with Crippen LogP contribution in [0.2, 0.25) is 0 Å². The number of hydrogen-bond donors (Lipinski definition) is 0. The first-order valence-electron chi connectivity index (χ1n) is 5.50. The van der Waals surface area contributed by atoms with Gasteiger partial charge in [0.1, 0.15) is 11.5 Å². The largest absolute Gasteiger partial charge is 0.496 e. The predicted molar refractivity (Wildman–Crippen MR) is 69.4 cm³/mol. The summed E-state index contributed by atoms with van der Waals surface area (Å²) in [7, 11) is -1.99. The van der Waals surface area contributed by atoms with Gasteiger partial charge in [-0.15, -0.1) is 0 Å². The minimum absolute atomic E-state index is 0.162. The van der Waals surface area contributed by atoms with Crippen molar-refractivity contribution in [1.29, 1.82) is 5.26 Å². The normalized spacial score (nSPS) is 11.9. The minimum Gasteiger partial charge on any atom is -0.496 e. The fourth-order valence-electron chi connectivity index (χ4n) is 1.63. The fourth-order valence-corrected chi connectivity index (χ4v) is 2.54. The summed E-state index contributed by atoms with van der Waals surface area (Å²) in [6.07, 6.45) is 0. The molecule has 0 saturated carbocycles. The first-order chi connectivity index (χ1) is 8.22. The zero-order valence-corrected chi connectivity index (χ0v) is 11.8. The highest BCUT2D eigenvalue weighted by Crippen LogP contribution is 2.33. The van der Waals surface area contributed by atoms with Gasteiger partial charge in [0, 0.05) is 5.56 Å². The summed E-state index contributed by atoms with van der Waals surface area (Å²) in [6, 6.07) is 6.37. The van der Waals surface area contributed by atoms with Crippen LogP contribution in [0.3, 0.4) is 0 Å². The molecule has 0 aromatic heterocycles. The molecular formula is C13H17NO3S. The molecule has 1 aromatic rings. The van der Waals surface area contributed by atoms with Crippen molar-refractivity contribution in [2.45, 2.75) is 31.1 Å². The van der Waals surface area contributed by atoms with Gasteiger partial charge in [-0.25, -0.2) is 8.42 Å². The Morgan fingerprint density at radius 3 is 2.39 bits per heavy atom. The first-order valence-corrected chi connectivity index (χ1v) is 7.16. The van der Waals surface area contributed by atoms with Gasteiger partial charge in [0.05, 0.1) is 18.1 Å². The van der Waals surface area contributed by atoms with Crippen molar-refractivity contribution in [3.63, 3.8) is 0 Å². The number of nitriles is 1. The van der Waals surface area contributed by atoms with Gasteiger partial charge in [-0.1, -0.05) is 20.8 Å². The molecule has 0 spiro atoms. The quantitative estimate of drug-likeness (QED) is 0.842. The average molecular weight is 267 g/mol. The van der Waals surface area contributed by atoms with Crippen LogP contribution < -0.4 is 4.74 Å². The molecule has 1 aromatic carbocycles. The number of hydrogen-bond acceptors (Lipinski definition) is 4. The SMILES string of the molecule is COc1ccc(S(=O)(=O)CC#N)cc1C(C)(C)C. The van der Waals surface area contributed by atoms with Gasteiger partial charge in [0.15, 0.2) is 9.84 Å². The van der Waals surface area contributed by atoms with Gasteiger partial charge < -0.3 is 4.74 Å². The van der Waals surface area contributed by atoms with Gasteiger partial charge >= 0.3 is 0 Å². The first kappa shape index (κ1) is 14.5. The van der Waals surface area contributed by atoms with Crippen molar-refractivity contribution in [3.05, 3.63) is 23.8 Å². The molecule has 0 aliphatic heterocycles. The van der Waals surface area contributed by atoms with E-state index in [1.807, 2.05) is 20.8 Å². The van der Waals surface area contributed by atoms with E-state index in [1.165, 1.54) is 6.07 Å². The van der Waals surface area contributed by atoms with Crippen LogP contribution in [0, 0.1) is 11.3 Å². The van der Waals surface area contributed by atoms with Crippen molar-refractivity contribution in [3.8, 4) is 11.8 Å². The van der Waals surface area contributed by atoms with Gasteiger partial charge in [-0.2, -0.15) is 5.26 Å². The van der Waals surface area contributed by atoms with Crippen LogP contribution >= 0.6 is 0 Å². The monoisotopic (exact) mass is 267 g/mol. The molecule has 98 valence electrons. The molecule has 0 atom stereocenters. The van der Waals surface area contributed by atoms with Gasteiger partial charge in [0.25, 0.3) is 0 Å². The van der Waals surface area contributed by atoms with Crippen LogP contribution in [0.5, 0.6) is 5.75 Å². The molecule has 0 aliphatic rings. The Hall–Kier alpha value is -1.54. The van der Waals surface area contributed by atoms with Crippen molar-refractivity contribution < 1.29 is 13.2 Å². The number of methoxy groups -OCH3 is 1. The molecule has 0 bridgehead atoms. The lowest BCUT2D eigenvalue weighted by molar-refractivity contribution is 0.397. The van der Waals surface area contributed by atoms with Crippen molar-refractivity contribution >= 4 is 9.84 Å². The zero-order chi connectivity index (χ0) is 14.0. The third-order valence-corrected chi connectivity index (χ3v) is 4.07. The molecule has 0 aliphatic carbocycles. The number of sulfone groups is 1. The maximum Gasteiger partial charge on any atom is 0.191 e. The van der Waals surface area contributed by atoms with E-state index in [2.05, 4.69) is 0 Å². The molecule has 0 radical (unpaired) electrons. The van der Waals surface area contributed by atoms with Gasteiger partial charge in [-0.3, -0.25) is 0 Å². The van der Waals surface area contributed by atoms with E-state index in [1.54, 1.807) is 25.3 Å². The molecule has 1 rings (SSSR count). The van der Waals surface area contributed by atoms with Crippen LogP contribution in [-0.4, -0.2) is 21.3 Å². The Morgan fingerprint density at radius 2 is 1.94 bits per heavy atom. The molecule has 0 N–H and O–H groups in total. The van der Waals surface area contributed by atoms with Crippen LogP contribution in [0.25, 0.3) is 0 Å². The minimum atomic E-state index is -3.53. The zero-order valence-electron chi connectivity index (χ0n) is 11.0. The Bertz CT molecular complexity index is 577. The lowest BCUT2D eigenvalue weighted by Crippen LogP contribution is -2.15. The third-order valence-electron chi connectivity index (χ3n) is 2.59. The van der Waals surface area contributed by atoms with E-state index in [4.69, 9.17) is 10.00 Å². The smallest absolute Gasteiger partial charge is 0.191 e. The van der Waals surface area contributed by atoms with Gasteiger partial charge in [-0.05, 0) is 23.6 Å². The number of nitrogens with zero attached hydrogens (tertiary/aromatic N) is 1. The summed E-state index contributed by atoms with van der Waals surface area (Å²) < 4.78 is 28.9. The van der Waals surface area contributed by atoms with Crippen LogP contribution in [0.15, 0.2) is 23.1 Å². The molecule has 0 saturated heterocycles. The summed E-state index contributed by atoms with van der Waals surface area (Å²) >= 11 is 0. The lowest BCUT2D eigenvalue weighted by atomic mass is 9.86. The molecule has 4 nitrogen and oxygen atoms in total. The maximum atomic E-state index is 11.8. The number of ether oxygens (including phenoxy) is 1. The highest BCUT2D eigenvalue weighted by atomic mass is 32.2. The number of rotatable bonds is 3. The molecule has 0 fully saturated rings.